The Hall–Kier alpha value is -1.79. The standard InChI is InChI=1S/C17H23N3O2S/c1-23-16-5-2-15(3-6-16)4-7-17(21)19-9-12-22-13-11-20-10-8-18-14-20/h2-3,5-6,8,10,14H,4,7,9,11-13H2,1H3,(H,19,21). The smallest absolute Gasteiger partial charge is 0.220 e. The van der Waals surface area contributed by atoms with E-state index in [0.717, 1.165) is 13.0 Å². The quantitative estimate of drug-likeness (QED) is 0.536. The number of amides is 1. The summed E-state index contributed by atoms with van der Waals surface area (Å²) in [6.45, 7) is 2.48. The van der Waals surface area contributed by atoms with Gasteiger partial charge in [-0.15, -0.1) is 11.8 Å². The normalized spacial score (nSPS) is 10.7. The van der Waals surface area contributed by atoms with E-state index in [1.807, 2.05) is 10.8 Å². The van der Waals surface area contributed by atoms with Gasteiger partial charge in [0, 0.05) is 36.8 Å². The summed E-state index contributed by atoms with van der Waals surface area (Å²) in [6.07, 6.45) is 8.73. The van der Waals surface area contributed by atoms with Crippen LogP contribution in [-0.4, -0.2) is 41.5 Å². The molecule has 1 aromatic heterocycles. The molecular formula is C17H23N3O2S. The van der Waals surface area contributed by atoms with Crippen molar-refractivity contribution in [2.75, 3.05) is 26.0 Å². The summed E-state index contributed by atoms with van der Waals surface area (Å²) in [6, 6.07) is 8.34. The van der Waals surface area contributed by atoms with Crippen molar-refractivity contribution in [3.05, 3.63) is 48.5 Å². The van der Waals surface area contributed by atoms with Gasteiger partial charge in [0.15, 0.2) is 0 Å². The zero-order valence-corrected chi connectivity index (χ0v) is 14.2. The fourth-order valence-electron chi connectivity index (χ4n) is 2.09. The number of nitrogens with one attached hydrogen (secondary N) is 1. The van der Waals surface area contributed by atoms with Gasteiger partial charge in [-0.2, -0.15) is 0 Å². The number of carbonyl (C=O) groups is 1. The lowest BCUT2D eigenvalue weighted by molar-refractivity contribution is -0.121. The second kappa shape index (κ2) is 10.1. The molecule has 0 spiro atoms. The summed E-state index contributed by atoms with van der Waals surface area (Å²) in [5.74, 6) is 0.0668. The van der Waals surface area contributed by atoms with Crippen molar-refractivity contribution in [1.29, 1.82) is 0 Å². The van der Waals surface area contributed by atoms with Crippen LogP contribution < -0.4 is 5.32 Å². The molecule has 23 heavy (non-hydrogen) atoms. The molecule has 0 saturated carbocycles. The Labute approximate surface area is 141 Å². The third kappa shape index (κ3) is 6.88. The molecule has 2 rings (SSSR count). The zero-order chi connectivity index (χ0) is 16.3. The molecule has 0 radical (unpaired) electrons. The van der Waals surface area contributed by atoms with E-state index in [1.54, 1.807) is 24.3 Å². The first-order chi connectivity index (χ1) is 11.3. The van der Waals surface area contributed by atoms with Crippen molar-refractivity contribution >= 4 is 17.7 Å². The van der Waals surface area contributed by atoms with Gasteiger partial charge in [0.05, 0.1) is 19.5 Å². The maximum atomic E-state index is 11.8. The van der Waals surface area contributed by atoms with E-state index >= 15 is 0 Å². The Bertz CT molecular complexity index is 570. The van der Waals surface area contributed by atoms with Crippen LogP contribution in [0.1, 0.15) is 12.0 Å². The maximum absolute atomic E-state index is 11.8. The Balaban J connectivity index is 1.51. The van der Waals surface area contributed by atoms with E-state index in [2.05, 4.69) is 40.8 Å². The number of aromatic nitrogens is 2. The third-order valence-electron chi connectivity index (χ3n) is 3.42. The highest BCUT2D eigenvalue weighted by molar-refractivity contribution is 7.98. The molecule has 1 amide bonds. The van der Waals surface area contributed by atoms with E-state index in [-0.39, 0.29) is 5.91 Å². The molecule has 1 aromatic carbocycles. The molecule has 0 bridgehead atoms. The molecule has 124 valence electrons. The van der Waals surface area contributed by atoms with Crippen LogP contribution >= 0.6 is 11.8 Å². The highest BCUT2D eigenvalue weighted by Gasteiger charge is 2.02. The summed E-state index contributed by atoms with van der Waals surface area (Å²) >= 11 is 1.72. The van der Waals surface area contributed by atoms with Gasteiger partial charge in [-0.1, -0.05) is 12.1 Å². The fourth-order valence-corrected chi connectivity index (χ4v) is 2.50. The first kappa shape index (κ1) is 17.6. The number of aryl methyl sites for hydroxylation is 1. The highest BCUT2D eigenvalue weighted by Crippen LogP contribution is 2.15. The van der Waals surface area contributed by atoms with Crippen LogP contribution in [-0.2, 0) is 22.5 Å². The number of ether oxygens (including phenoxy) is 1. The number of thioether (sulfide) groups is 1. The van der Waals surface area contributed by atoms with Crippen LogP contribution in [0.25, 0.3) is 0 Å². The van der Waals surface area contributed by atoms with Gasteiger partial charge in [0.25, 0.3) is 0 Å². The van der Waals surface area contributed by atoms with E-state index < -0.39 is 0 Å². The van der Waals surface area contributed by atoms with Gasteiger partial charge >= 0.3 is 0 Å². The Morgan fingerprint density at radius 1 is 1.30 bits per heavy atom. The van der Waals surface area contributed by atoms with Gasteiger partial charge in [-0.05, 0) is 30.4 Å². The summed E-state index contributed by atoms with van der Waals surface area (Å²) < 4.78 is 7.44. The number of carbonyl (C=O) groups excluding carboxylic acids is 1. The molecular weight excluding hydrogens is 310 g/mol. The monoisotopic (exact) mass is 333 g/mol. The first-order valence-electron chi connectivity index (χ1n) is 7.71. The number of nitrogens with zero attached hydrogens (tertiary/aromatic N) is 2. The SMILES string of the molecule is CSc1ccc(CCC(=O)NCCOCCn2ccnc2)cc1. The lowest BCUT2D eigenvalue weighted by Gasteiger charge is -2.07. The van der Waals surface area contributed by atoms with Crippen LogP contribution in [0.2, 0.25) is 0 Å². The second-order valence-electron chi connectivity index (χ2n) is 5.11. The van der Waals surface area contributed by atoms with Crippen LogP contribution in [0.4, 0.5) is 0 Å². The van der Waals surface area contributed by atoms with Crippen LogP contribution in [0.15, 0.2) is 47.9 Å². The topological polar surface area (TPSA) is 56.1 Å². The molecule has 0 aliphatic heterocycles. The molecule has 1 heterocycles. The average Bonchev–Trinajstić information content (AvgIpc) is 3.10. The molecule has 0 atom stereocenters. The van der Waals surface area contributed by atoms with Crippen molar-refractivity contribution in [2.24, 2.45) is 0 Å². The van der Waals surface area contributed by atoms with Crippen LogP contribution in [0.3, 0.4) is 0 Å². The molecule has 0 fully saturated rings. The Morgan fingerprint density at radius 2 is 2.13 bits per heavy atom. The lowest BCUT2D eigenvalue weighted by Crippen LogP contribution is -2.27. The van der Waals surface area contributed by atoms with Crippen molar-refractivity contribution in [3.63, 3.8) is 0 Å². The average molecular weight is 333 g/mol. The first-order valence-corrected chi connectivity index (χ1v) is 8.93. The minimum Gasteiger partial charge on any atom is -0.378 e. The summed E-state index contributed by atoms with van der Waals surface area (Å²) in [5, 5.41) is 2.88. The van der Waals surface area contributed by atoms with Gasteiger partial charge < -0.3 is 14.6 Å². The molecule has 0 aliphatic rings. The van der Waals surface area contributed by atoms with Gasteiger partial charge in [-0.25, -0.2) is 4.98 Å². The molecule has 1 N–H and O–H groups in total. The molecule has 5 nitrogen and oxygen atoms in total. The molecule has 0 aliphatic carbocycles. The van der Waals surface area contributed by atoms with Crippen molar-refractivity contribution in [2.45, 2.75) is 24.3 Å². The number of hydrogen-bond donors (Lipinski definition) is 1. The van der Waals surface area contributed by atoms with Crippen molar-refractivity contribution in [1.82, 2.24) is 14.9 Å². The fraction of sp³-hybridized carbons (Fsp3) is 0.412. The molecule has 2 aromatic rings. The van der Waals surface area contributed by atoms with E-state index in [4.69, 9.17) is 4.74 Å². The van der Waals surface area contributed by atoms with Gasteiger partial charge in [-0.3, -0.25) is 4.79 Å². The molecule has 0 saturated heterocycles. The van der Waals surface area contributed by atoms with Crippen LogP contribution in [0, 0.1) is 0 Å². The molecule has 0 unspecified atom stereocenters. The second-order valence-corrected chi connectivity index (χ2v) is 5.99. The minimum atomic E-state index is 0.0668. The maximum Gasteiger partial charge on any atom is 0.220 e. The largest absolute Gasteiger partial charge is 0.378 e. The van der Waals surface area contributed by atoms with Crippen LogP contribution in [0.5, 0.6) is 0 Å². The van der Waals surface area contributed by atoms with E-state index in [9.17, 15) is 4.79 Å². The van der Waals surface area contributed by atoms with Gasteiger partial charge in [0.2, 0.25) is 5.91 Å². The van der Waals surface area contributed by atoms with Crippen molar-refractivity contribution < 1.29 is 9.53 Å². The van der Waals surface area contributed by atoms with E-state index in [1.165, 1.54) is 10.5 Å². The molecule has 6 heteroatoms. The number of benzene rings is 1. The lowest BCUT2D eigenvalue weighted by atomic mass is 10.1. The third-order valence-corrected chi connectivity index (χ3v) is 4.16. The Kier molecular flexibility index (Phi) is 7.69. The Morgan fingerprint density at radius 3 is 2.83 bits per heavy atom. The predicted octanol–water partition coefficient (Wildman–Crippen LogP) is 2.37. The van der Waals surface area contributed by atoms with Gasteiger partial charge in [0.1, 0.15) is 0 Å². The minimum absolute atomic E-state index is 0.0668. The number of hydrogen-bond acceptors (Lipinski definition) is 4. The van der Waals surface area contributed by atoms with E-state index in [0.29, 0.717) is 26.2 Å². The predicted molar refractivity (Wildman–Crippen MR) is 92.6 cm³/mol. The zero-order valence-electron chi connectivity index (χ0n) is 13.4. The highest BCUT2D eigenvalue weighted by atomic mass is 32.2. The summed E-state index contributed by atoms with van der Waals surface area (Å²) in [5.41, 5.74) is 1.19. The number of rotatable bonds is 10. The summed E-state index contributed by atoms with van der Waals surface area (Å²) in [4.78, 5) is 17.0. The number of imidazole rings is 1. The van der Waals surface area contributed by atoms with Crippen molar-refractivity contribution in [3.8, 4) is 0 Å². The summed E-state index contributed by atoms with van der Waals surface area (Å²) in [7, 11) is 0.